The van der Waals surface area contributed by atoms with Crippen LogP contribution < -0.4 is 0 Å². The van der Waals surface area contributed by atoms with Crippen LogP contribution in [0, 0.1) is 0 Å². The predicted molar refractivity (Wildman–Crippen MR) is 112 cm³/mol. The Morgan fingerprint density at radius 3 is 0.591 bits per heavy atom. The lowest BCUT2D eigenvalue weighted by Crippen LogP contribution is -2.77. The Balaban J connectivity index is 2.09. The van der Waals surface area contributed by atoms with Crippen LogP contribution in [-0.2, 0) is 0 Å². The molecular weight excluding hydrogens is 257 g/mol. The van der Waals surface area contributed by atoms with Crippen LogP contribution in [0.1, 0.15) is 41.5 Å². The molecule has 116 valence electrons. The SMILES string of the molecule is CCB1C2B(CC)C3B(CC)C1B(CC)C(B2CC)B3CC. The van der Waals surface area contributed by atoms with Gasteiger partial charge < -0.3 is 0 Å². The van der Waals surface area contributed by atoms with Gasteiger partial charge in [0.2, 0.25) is 0 Å². The molecule has 4 aliphatic heterocycles. The van der Waals surface area contributed by atoms with Crippen LogP contribution in [0.25, 0.3) is 0 Å². The summed E-state index contributed by atoms with van der Waals surface area (Å²) in [7, 11) is 0. The van der Waals surface area contributed by atoms with Gasteiger partial charge in [-0.25, -0.2) is 0 Å². The van der Waals surface area contributed by atoms with E-state index in [2.05, 4.69) is 41.5 Å². The summed E-state index contributed by atoms with van der Waals surface area (Å²) < 4.78 is 0. The minimum absolute atomic E-state index is 1.05. The number of hydrogen-bond donors (Lipinski definition) is 0. The molecule has 0 nitrogen and oxygen atoms in total. The normalized spacial score (nSPS) is 33.5. The quantitative estimate of drug-likeness (QED) is 0.610. The summed E-state index contributed by atoms with van der Waals surface area (Å²) in [6.07, 6.45) is 8.70. The van der Waals surface area contributed by atoms with E-state index in [4.69, 9.17) is 0 Å². The summed E-state index contributed by atoms with van der Waals surface area (Å²) in [5.41, 5.74) is 4.31. The Kier molecular flexibility index (Phi) is 5.26. The van der Waals surface area contributed by atoms with E-state index in [1.54, 1.807) is 0 Å². The molecule has 4 saturated heterocycles. The van der Waals surface area contributed by atoms with E-state index in [0.29, 0.717) is 0 Å². The maximum atomic E-state index is 2.50. The second-order valence-corrected chi connectivity index (χ2v) is 8.74. The molecular formula is C16H34B6. The molecule has 4 bridgehead atoms. The fraction of sp³-hybridized carbons (Fsp3) is 1.00. The third kappa shape index (κ3) is 2.10. The summed E-state index contributed by atoms with van der Waals surface area (Å²) in [5, 5.41) is 0. The highest BCUT2D eigenvalue weighted by Crippen LogP contribution is 2.63. The van der Waals surface area contributed by atoms with Gasteiger partial charge in [-0.1, -0.05) is 79.5 Å². The molecule has 6 heteroatoms. The third-order valence-electron chi connectivity index (χ3n) is 8.76. The standard InChI is InChI=1S/C16H34B6/c1-7-17-13-18(8-2)15-20(10-4)14(17)21(11-5)16(19(13)9-3)22(15)12-6/h13-16H,7-12H2,1-6H3. The molecule has 0 N–H and O–H groups in total. The zero-order chi connectivity index (χ0) is 16.0. The maximum absolute atomic E-state index is 2.50. The summed E-state index contributed by atoms with van der Waals surface area (Å²) in [4.78, 5) is 0. The van der Waals surface area contributed by atoms with Crippen molar-refractivity contribution in [3.05, 3.63) is 0 Å². The van der Waals surface area contributed by atoms with Gasteiger partial charge in [0, 0.05) is 0 Å². The summed E-state index contributed by atoms with van der Waals surface area (Å²) in [6.45, 7) is 21.3. The molecule has 22 heavy (non-hydrogen) atoms. The third-order valence-corrected chi connectivity index (χ3v) is 8.76. The second kappa shape index (κ2) is 6.72. The van der Waals surface area contributed by atoms with E-state index in [9.17, 15) is 0 Å². The van der Waals surface area contributed by atoms with Crippen LogP contribution in [0.3, 0.4) is 0 Å². The van der Waals surface area contributed by atoms with Gasteiger partial charge in [0.1, 0.15) is 40.3 Å². The fourth-order valence-corrected chi connectivity index (χ4v) is 8.62. The second-order valence-electron chi connectivity index (χ2n) is 8.74. The summed E-state index contributed by atoms with van der Waals surface area (Å²) >= 11 is 0. The Morgan fingerprint density at radius 1 is 0.364 bits per heavy atom. The van der Waals surface area contributed by atoms with Crippen molar-refractivity contribution in [1.29, 1.82) is 0 Å². The van der Waals surface area contributed by atoms with Crippen molar-refractivity contribution in [3.8, 4) is 0 Å². The van der Waals surface area contributed by atoms with Crippen LogP contribution in [0.2, 0.25) is 60.4 Å². The van der Waals surface area contributed by atoms with Gasteiger partial charge in [-0.05, 0) is 0 Å². The molecule has 4 heterocycles. The molecule has 0 aromatic rings. The molecule has 0 amide bonds. The Bertz CT molecular complexity index is 274. The highest BCUT2D eigenvalue weighted by Gasteiger charge is 2.70. The smallest absolute Gasteiger partial charge is 0.106 e. The van der Waals surface area contributed by atoms with Gasteiger partial charge in [-0.3, -0.25) is 0 Å². The lowest BCUT2D eigenvalue weighted by Gasteiger charge is -2.67. The first-order valence-corrected chi connectivity index (χ1v) is 10.7. The number of rotatable bonds is 6. The fourth-order valence-electron chi connectivity index (χ4n) is 8.62. The van der Waals surface area contributed by atoms with Gasteiger partial charge >= 0.3 is 0 Å². The van der Waals surface area contributed by atoms with Gasteiger partial charge in [0.25, 0.3) is 0 Å². The molecule has 0 aromatic carbocycles. The topological polar surface area (TPSA) is 0 Å². The van der Waals surface area contributed by atoms with Crippen molar-refractivity contribution in [2.75, 3.05) is 0 Å². The van der Waals surface area contributed by atoms with E-state index in [0.717, 1.165) is 62.7 Å². The molecule has 4 fully saturated rings. The van der Waals surface area contributed by atoms with Crippen molar-refractivity contribution in [2.24, 2.45) is 0 Å². The first kappa shape index (κ1) is 17.2. The average Bonchev–Trinajstić information content (AvgIpc) is 2.55. The molecule has 0 aliphatic carbocycles. The van der Waals surface area contributed by atoms with E-state index >= 15 is 0 Å². The van der Waals surface area contributed by atoms with E-state index < -0.39 is 0 Å². The van der Waals surface area contributed by atoms with Crippen molar-refractivity contribution in [2.45, 2.75) is 102 Å². The van der Waals surface area contributed by atoms with Crippen LogP contribution in [0.15, 0.2) is 0 Å². The van der Waals surface area contributed by atoms with Crippen molar-refractivity contribution in [1.82, 2.24) is 0 Å². The Morgan fingerprint density at radius 2 is 0.500 bits per heavy atom. The monoisotopic (exact) mass is 292 g/mol. The molecule has 0 aromatic heterocycles. The van der Waals surface area contributed by atoms with Crippen LogP contribution in [-0.4, -0.2) is 40.3 Å². The summed E-state index contributed by atoms with van der Waals surface area (Å²) in [6, 6.07) is 0. The summed E-state index contributed by atoms with van der Waals surface area (Å²) in [5.74, 6) is 0. The van der Waals surface area contributed by atoms with E-state index in [-0.39, 0.29) is 0 Å². The molecule has 0 spiro atoms. The largest absolute Gasteiger partial charge is 0.116 e. The zero-order valence-electron chi connectivity index (χ0n) is 16.0. The van der Waals surface area contributed by atoms with Crippen molar-refractivity contribution in [3.63, 3.8) is 0 Å². The molecule has 0 atom stereocenters. The molecule has 0 radical (unpaired) electrons. The Hall–Kier alpha value is 0.390. The highest BCUT2D eigenvalue weighted by molar-refractivity contribution is 7.30. The Labute approximate surface area is 142 Å². The molecule has 4 rings (SSSR count). The van der Waals surface area contributed by atoms with Gasteiger partial charge in [-0.2, -0.15) is 0 Å². The average molecular weight is 291 g/mol. The number of hydrogen-bond acceptors (Lipinski definition) is 0. The van der Waals surface area contributed by atoms with E-state index in [1.807, 2.05) is 0 Å². The van der Waals surface area contributed by atoms with Gasteiger partial charge in [0.05, 0.1) is 0 Å². The molecule has 0 saturated carbocycles. The van der Waals surface area contributed by atoms with Crippen LogP contribution in [0.5, 0.6) is 0 Å². The minimum Gasteiger partial charge on any atom is -0.106 e. The maximum Gasteiger partial charge on any atom is 0.116 e. The highest BCUT2D eigenvalue weighted by atomic mass is 14.2. The van der Waals surface area contributed by atoms with E-state index in [1.165, 1.54) is 37.9 Å². The molecule has 4 aliphatic rings. The van der Waals surface area contributed by atoms with Crippen LogP contribution >= 0.6 is 0 Å². The first-order valence-electron chi connectivity index (χ1n) is 10.7. The van der Waals surface area contributed by atoms with Gasteiger partial charge in [-0.15, -0.1) is 22.5 Å². The van der Waals surface area contributed by atoms with Crippen molar-refractivity contribution >= 4 is 40.3 Å². The van der Waals surface area contributed by atoms with Crippen molar-refractivity contribution < 1.29 is 0 Å². The zero-order valence-corrected chi connectivity index (χ0v) is 16.0. The molecule has 0 unspecified atom stereocenters. The minimum atomic E-state index is 1.05. The lowest BCUT2D eigenvalue weighted by atomic mass is 8.68. The lowest BCUT2D eigenvalue weighted by molar-refractivity contribution is 1.05. The predicted octanol–water partition coefficient (Wildman–Crippen LogP) is 4.91. The van der Waals surface area contributed by atoms with Crippen LogP contribution in [0.4, 0.5) is 0 Å². The van der Waals surface area contributed by atoms with Gasteiger partial charge in [0.15, 0.2) is 0 Å². The first-order chi connectivity index (χ1) is 10.7.